The Hall–Kier alpha value is -1.32. The molecule has 10 heteroatoms. The van der Waals surface area contributed by atoms with Gasteiger partial charge in [-0.25, -0.2) is 4.86 Å². The van der Waals surface area contributed by atoms with Crippen molar-refractivity contribution in [2.24, 2.45) is 0 Å². The maximum atomic E-state index is 12.1. The third-order valence-corrected chi connectivity index (χ3v) is 7.01. The summed E-state index contributed by atoms with van der Waals surface area (Å²) in [6.07, 6.45) is 0. The molecule has 0 radical (unpaired) electrons. The van der Waals surface area contributed by atoms with E-state index in [1.54, 1.807) is 4.55 Å². The molecule has 2 aromatic rings. The molecule has 1 fully saturated rings. The van der Waals surface area contributed by atoms with E-state index in [-0.39, 0.29) is 21.4 Å². The van der Waals surface area contributed by atoms with Crippen molar-refractivity contribution in [3.05, 3.63) is 60.7 Å². The van der Waals surface area contributed by atoms with Gasteiger partial charge in [0.15, 0.2) is 6.61 Å². The fourth-order valence-electron chi connectivity index (χ4n) is 1.79. The quantitative estimate of drug-likeness (QED) is 0.668. The number of carbonyl (C=O) groups is 1. The average Bonchev–Trinajstić information content (AvgIpc) is 2.63. The average molecular weight is 382 g/mol. The molecule has 0 aliphatic carbocycles. The number of carbonyl (C=O) groups excluding carboxylic acids is 1. The highest BCUT2D eigenvalue weighted by atomic mass is 31.2. The van der Waals surface area contributed by atoms with Gasteiger partial charge in [-0.15, -0.1) is 4.55 Å². The van der Waals surface area contributed by atoms with Gasteiger partial charge in [0.05, 0.1) is 8.88 Å². The standard InChI is InChI=1S/C14H17N4O3P3/c19-14(11-20-12-7-3-1-4-8-12)15-18-23-16-22-17-24(18)21-13-9-5-2-6-10-13/h1-10,16-17,22-23H,11H2,(H,15,19). The number of nitrogens with one attached hydrogen (secondary N) is 3. The van der Waals surface area contributed by atoms with Crippen molar-refractivity contribution in [2.75, 3.05) is 6.61 Å². The lowest BCUT2D eigenvalue weighted by Crippen LogP contribution is -2.41. The first-order valence-electron chi connectivity index (χ1n) is 7.13. The number of hydrazine groups is 1. The zero-order chi connectivity index (χ0) is 16.6. The molecule has 3 unspecified atom stereocenters. The first-order chi connectivity index (χ1) is 11.8. The second-order valence-corrected chi connectivity index (χ2v) is 8.92. The monoisotopic (exact) mass is 382 g/mol. The fraction of sp³-hybridized carbons (Fsp3) is 0.0714. The van der Waals surface area contributed by atoms with E-state index in [0.717, 1.165) is 5.75 Å². The second kappa shape index (κ2) is 9.24. The Labute approximate surface area is 145 Å². The molecule has 1 saturated heterocycles. The lowest BCUT2D eigenvalue weighted by molar-refractivity contribution is -0.124. The first kappa shape index (κ1) is 17.5. The van der Waals surface area contributed by atoms with E-state index in [4.69, 9.17) is 9.26 Å². The molecule has 3 atom stereocenters. The van der Waals surface area contributed by atoms with Gasteiger partial charge < -0.3 is 9.26 Å². The fourth-order valence-corrected chi connectivity index (χ4v) is 6.30. The van der Waals surface area contributed by atoms with Gasteiger partial charge in [0.1, 0.15) is 11.5 Å². The Bertz CT molecular complexity index is 650. The largest absolute Gasteiger partial charge is 0.484 e. The number of nitrogens with zero attached hydrogens (tertiary/aromatic N) is 1. The van der Waals surface area contributed by atoms with E-state index in [0.29, 0.717) is 14.6 Å². The maximum absolute atomic E-state index is 12.1. The number of ether oxygens (including phenoxy) is 1. The summed E-state index contributed by atoms with van der Waals surface area (Å²) < 4.78 is 13.1. The first-order valence-corrected chi connectivity index (χ1v) is 10.3. The molecule has 3 N–H and O–H groups in total. The van der Waals surface area contributed by atoms with Crippen LogP contribution in [0.15, 0.2) is 60.7 Å². The van der Waals surface area contributed by atoms with Gasteiger partial charge in [-0.05, 0) is 24.3 Å². The summed E-state index contributed by atoms with van der Waals surface area (Å²) in [6.45, 7) is -0.0538. The van der Waals surface area contributed by atoms with Crippen LogP contribution in [0.1, 0.15) is 0 Å². The molecular weight excluding hydrogens is 365 g/mol. The number of rotatable bonds is 6. The van der Waals surface area contributed by atoms with Crippen molar-refractivity contribution < 1.29 is 14.1 Å². The van der Waals surface area contributed by atoms with Crippen LogP contribution in [0, 0.1) is 0 Å². The molecule has 0 spiro atoms. The van der Waals surface area contributed by atoms with Crippen molar-refractivity contribution in [3.8, 4) is 11.5 Å². The van der Waals surface area contributed by atoms with Gasteiger partial charge >= 0.3 is 0 Å². The van der Waals surface area contributed by atoms with Crippen LogP contribution in [0.3, 0.4) is 0 Å². The van der Waals surface area contributed by atoms with E-state index in [9.17, 15) is 4.79 Å². The van der Waals surface area contributed by atoms with E-state index < -0.39 is 8.45 Å². The summed E-state index contributed by atoms with van der Waals surface area (Å²) in [5, 5.41) is 0. The Balaban J connectivity index is 1.52. The number of benzene rings is 2. The van der Waals surface area contributed by atoms with Crippen molar-refractivity contribution in [1.29, 1.82) is 0 Å². The molecule has 1 aliphatic rings. The van der Waals surface area contributed by atoms with Crippen LogP contribution in [0.4, 0.5) is 0 Å². The second-order valence-electron chi connectivity index (χ2n) is 4.60. The Morgan fingerprint density at radius 1 is 1.08 bits per heavy atom. The Morgan fingerprint density at radius 3 is 2.46 bits per heavy atom. The normalized spacial score (nSPS) is 19.9. The molecule has 0 bridgehead atoms. The van der Waals surface area contributed by atoms with E-state index in [2.05, 4.69) is 15.1 Å². The maximum Gasteiger partial charge on any atom is 0.274 e. The smallest absolute Gasteiger partial charge is 0.274 e. The lowest BCUT2D eigenvalue weighted by Gasteiger charge is -2.33. The highest BCUT2D eigenvalue weighted by Crippen LogP contribution is 2.49. The van der Waals surface area contributed by atoms with Crippen LogP contribution in [-0.2, 0) is 4.79 Å². The molecule has 1 aliphatic heterocycles. The predicted octanol–water partition coefficient (Wildman–Crippen LogP) is 2.91. The number of para-hydroxylation sites is 2. The molecule has 7 nitrogen and oxygen atoms in total. The predicted molar refractivity (Wildman–Crippen MR) is 98.8 cm³/mol. The molecule has 126 valence electrons. The van der Waals surface area contributed by atoms with Crippen LogP contribution in [0.2, 0.25) is 0 Å². The van der Waals surface area contributed by atoms with E-state index in [1.807, 2.05) is 60.7 Å². The molecule has 0 saturated carbocycles. The summed E-state index contributed by atoms with van der Waals surface area (Å²) in [4.78, 5) is 18.5. The summed E-state index contributed by atoms with van der Waals surface area (Å²) in [6, 6.07) is 18.8. The lowest BCUT2D eigenvalue weighted by atomic mass is 10.3. The minimum Gasteiger partial charge on any atom is -0.484 e. The van der Waals surface area contributed by atoms with Gasteiger partial charge in [-0.2, -0.15) is 0 Å². The molecule has 0 aromatic heterocycles. The van der Waals surface area contributed by atoms with E-state index in [1.165, 1.54) is 0 Å². The van der Waals surface area contributed by atoms with E-state index >= 15 is 0 Å². The van der Waals surface area contributed by atoms with Crippen molar-refractivity contribution in [3.63, 3.8) is 0 Å². The van der Waals surface area contributed by atoms with Crippen LogP contribution < -0.4 is 24.4 Å². The van der Waals surface area contributed by atoms with Crippen molar-refractivity contribution >= 4 is 32.1 Å². The topological polar surface area (TPSA) is 74.9 Å². The minimum absolute atomic E-state index is 0.0538. The van der Waals surface area contributed by atoms with Gasteiger partial charge in [-0.1, -0.05) is 36.4 Å². The minimum atomic E-state index is -1.15. The molecule has 1 amide bonds. The van der Waals surface area contributed by atoms with Crippen molar-refractivity contribution in [1.82, 2.24) is 19.7 Å². The number of hydrogen-bond acceptors (Lipinski definition) is 6. The third kappa shape index (κ3) is 5.35. The summed E-state index contributed by atoms with van der Waals surface area (Å²) in [5.74, 6) is 1.19. The number of hydrogen-bond donors (Lipinski definition) is 3. The van der Waals surface area contributed by atoms with Crippen LogP contribution in [-0.4, -0.2) is 17.1 Å². The van der Waals surface area contributed by atoms with Gasteiger partial charge in [-0.3, -0.25) is 15.1 Å². The van der Waals surface area contributed by atoms with Crippen LogP contribution in [0.25, 0.3) is 0 Å². The summed E-state index contributed by atoms with van der Waals surface area (Å²) in [5.41, 5.74) is 2.82. The summed E-state index contributed by atoms with van der Waals surface area (Å²) >= 11 is 0. The highest BCUT2D eigenvalue weighted by molar-refractivity contribution is 7.71. The SMILES string of the molecule is O=C(COc1ccccc1)NN1PNPNP1Oc1ccccc1. The molecule has 3 rings (SSSR count). The molecule has 1 heterocycles. The molecule has 24 heavy (non-hydrogen) atoms. The number of amides is 1. The third-order valence-electron chi connectivity index (χ3n) is 2.84. The van der Waals surface area contributed by atoms with Crippen LogP contribution >= 0.6 is 26.2 Å². The highest BCUT2D eigenvalue weighted by Gasteiger charge is 2.27. The zero-order valence-electron chi connectivity index (χ0n) is 12.6. The van der Waals surface area contributed by atoms with Gasteiger partial charge in [0, 0.05) is 8.88 Å². The molecular formula is C14H17N4O3P3. The molecule has 2 aromatic carbocycles. The zero-order valence-corrected chi connectivity index (χ0v) is 15.5. The van der Waals surface area contributed by atoms with Gasteiger partial charge in [0.2, 0.25) is 0 Å². The Morgan fingerprint density at radius 2 is 1.75 bits per heavy atom. The van der Waals surface area contributed by atoms with Crippen molar-refractivity contribution in [2.45, 2.75) is 0 Å². The van der Waals surface area contributed by atoms with Crippen LogP contribution in [0.5, 0.6) is 11.5 Å². The Kier molecular flexibility index (Phi) is 6.74. The summed E-state index contributed by atoms with van der Waals surface area (Å²) in [7, 11) is -0.526. The van der Waals surface area contributed by atoms with Gasteiger partial charge in [0.25, 0.3) is 14.4 Å².